The summed E-state index contributed by atoms with van der Waals surface area (Å²) in [6.07, 6.45) is 3.65. The molecule has 0 bridgehead atoms. The highest BCUT2D eigenvalue weighted by atomic mass is 16.5. The van der Waals surface area contributed by atoms with E-state index in [9.17, 15) is 4.79 Å². The van der Waals surface area contributed by atoms with Crippen molar-refractivity contribution in [3.05, 3.63) is 35.9 Å². The first-order chi connectivity index (χ1) is 13.8. The highest BCUT2D eigenvalue weighted by Gasteiger charge is 2.28. The molecule has 0 saturated heterocycles. The van der Waals surface area contributed by atoms with Crippen LogP contribution < -0.4 is 16.0 Å². The summed E-state index contributed by atoms with van der Waals surface area (Å²) < 4.78 is 5.16. The zero-order valence-electron chi connectivity index (χ0n) is 18.6. The van der Waals surface area contributed by atoms with E-state index in [2.05, 4.69) is 66.0 Å². The molecule has 0 heterocycles. The third kappa shape index (κ3) is 7.69. The standard InChI is InChI=1S/C23H38N4O2/c1-6-29-21(28)19-12-14-20(15-13-19)26-22(24-5)25-16-23(3,4)27-17(2)18-10-8-7-9-11-18/h7-11,17,19-20,27H,6,12-16H2,1-5H3,(H2,24,25,26). The monoisotopic (exact) mass is 402 g/mol. The Balaban J connectivity index is 1.77. The molecule has 6 heteroatoms. The van der Waals surface area contributed by atoms with Crippen LogP contribution in [0.25, 0.3) is 0 Å². The molecule has 1 aromatic rings. The number of carbonyl (C=O) groups excluding carboxylic acids is 1. The largest absolute Gasteiger partial charge is 0.466 e. The Morgan fingerprint density at radius 3 is 2.45 bits per heavy atom. The molecule has 1 fully saturated rings. The Kier molecular flexibility index (Phi) is 8.96. The maximum atomic E-state index is 11.9. The van der Waals surface area contributed by atoms with Gasteiger partial charge in [0.1, 0.15) is 0 Å². The fourth-order valence-electron chi connectivity index (χ4n) is 3.89. The van der Waals surface area contributed by atoms with E-state index in [0.717, 1.165) is 38.2 Å². The average molecular weight is 403 g/mol. The molecule has 1 aliphatic rings. The van der Waals surface area contributed by atoms with Crippen LogP contribution in [0.15, 0.2) is 35.3 Å². The van der Waals surface area contributed by atoms with Crippen molar-refractivity contribution in [1.29, 1.82) is 0 Å². The average Bonchev–Trinajstić information content (AvgIpc) is 2.72. The molecule has 29 heavy (non-hydrogen) atoms. The third-order valence-electron chi connectivity index (χ3n) is 5.52. The van der Waals surface area contributed by atoms with Gasteiger partial charge in [-0.3, -0.25) is 9.79 Å². The van der Waals surface area contributed by atoms with Crippen LogP contribution in [-0.2, 0) is 9.53 Å². The summed E-state index contributed by atoms with van der Waals surface area (Å²) in [6.45, 7) is 9.64. The Hall–Kier alpha value is -2.08. The summed E-state index contributed by atoms with van der Waals surface area (Å²) >= 11 is 0. The molecule has 2 rings (SSSR count). The molecular formula is C23H38N4O2. The molecule has 0 spiro atoms. The second-order valence-corrected chi connectivity index (χ2v) is 8.53. The van der Waals surface area contributed by atoms with E-state index < -0.39 is 0 Å². The highest BCUT2D eigenvalue weighted by Crippen LogP contribution is 2.25. The predicted molar refractivity (Wildman–Crippen MR) is 119 cm³/mol. The van der Waals surface area contributed by atoms with Gasteiger partial charge in [0, 0.05) is 31.2 Å². The third-order valence-corrected chi connectivity index (χ3v) is 5.52. The van der Waals surface area contributed by atoms with Crippen molar-refractivity contribution >= 4 is 11.9 Å². The van der Waals surface area contributed by atoms with Crippen molar-refractivity contribution in [2.45, 2.75) is 71.0 Å². The fraction of sp³-hybridized carbons (Fsp3) is 0.652. The van der Waals surface area contributed by atoms with Crippen LogP contribution in [0.4, 0.5) is 0 Å². The van der Waals surface area contributed by atoms with Crippen molar-refractivity contribution in [1.82, 2.24) is 16.0 Å². The molecule has 1 aromatic carbocycles. The lowest BCUT2D eigenvalue weighted by Crippen LogP contribution is -2.53. The van der Waals surface area contributed by atoms with Crippen LogP contribution in [0.1, 0.15) is 65.0 Å². The minimum absolute atomic E-state index is 0.0468. The zero-order valence-corrected chi connectivity index (χ0v) is 18.6. The van der Waals surface area contributed by atoms with Crippen molar-refractivity contribution in [3.63, 3.8) is 0 Å². The first-order valence-corrected chi connectivity index (χ1v) is 10.8. The normalized spacial score (nSPS) is 21.3. The van der Waals surface area contributed by atoms with Crippen molar-refractivity contribution in [3.8, 4) is 0 Å². The van der Waals surface area contributed by atoms with Gasteiger partial charge in [0.15, 0.2) is 5.96 Å². The van der Waals surface area contributed by atoms with E-state index in [1.54, 1.807) is 7.05 Å². The molecule has 0 radical (unpaired) electrons. The van der Waals surface area contributed by atoms with Crippen LogP contribution in [0, 0.1) is 5.92 Å². The van der Waals surface area contributed by atoms with Gasteiger partial charge in [0.2, 0.25) is 0 Å². The first kappa shape index (κ1) is 23.2. The number of rotatable bonds is 8. The van der Waals surface area contributed by atoms with Gasteiger partial charge in [-0.05, 0) is 58.9 Å². The number of guanidine groups is 1. The SMILES string of the molecule is CCOC(=O)C1CCC(NC(=NC)NCC(C)(C)NC(C)c2ccccc2)CC1. The summed E-state index contributed by atoms with van der Waals surface area (Å²) in [5.74, 6) is 0.811. The quantitative estimate of drug-likeness (QED) is 0.353. The maximum absolute atomic E-state index is 11.9. The topological polar surface area (TPSA) is 74.8 Å². The van der Waals surface area contributed by atoms with E-state index >= 15 is 0 Å². The molecule has 6 nitrogen and oxygen atoms in total. The minimum atomic E-state index is -0.103. The lowest BCUT2D eigenvalue weighted by molar-refractivity contribution is -0.149. The van der Waals surface area contributed by atoms with Crippen molar-refractivity contribution in [2.75, 3.05) is 20.2 Å². The fourth-order valence-corrected chi connectivity index (χ4v) is 3.89. The van der Waals surface area contributed by atoms with Crippen LogP contribution in [-0.4, -0.2) is 43.7 Å². The van der Waals surface area contributed by atoms with Crippen LogP contribution in [0.3, 0.4) is 0 Å². The zero-order chi connectivity index (χ0) is 21.3. The van der Waals surface area contributed by atoms with Gasteiger partial charge in [-0.25, -0.2) is 0 Å². The number of ether oxygens (including phenoxy) is 1. The van der Waals surface area contributed by atoms with Gasteiger partial charge in [0.25, 0.3) is 0 Å². The lowest BCUT2D eigenvalue weighted by Gasteiger charge is -2.33. The number of nitrogens with one attached hydrogen (secondary N) is 3. The number of hydrogen-bond donors (Lipinski definition) is 3. The molecule has 1 saturated carbocycles. The number of benzene rings is 1. The Bertz CT molecular complexity index is 652. The smallest absolute Gasteiger partial charge is 0.308 e. The van der Waals surface area contributed by atoms with Gasteiger partial charge in [-0.2, -0.15) is 0 Å². The second-order valence-electron chi connectivity index (χ2n) is 8.53. The summed E-state index contributed by atoms with van der Waals surface area (Å²) in [5, 5.41) is 10.7. The maximum Gasteiger partial charge on any atom is 0.308 e. The number of nitrogens with zero attached hydrogens (tertiary/aromatic N) is 1. The van der Waals surface area contributed by atoms with E-state index in [1.807, 2.05) is 13.0 Å². The highest BCUT2D eigenvalue weighted by molar-refractivity contribution is 5.80. The van der Waals surface area contributed by atoms with E-state index in [4.69, 9.17) is 4.74 Å². The summed E-state index contributed by atoms with van der Waals surface area (Å²) in [6, 6.07) is 11.1. The summed E-state index contributed by atoms with van der Waals surface area (Å²) in [4.78, 5) is 16.3. The Morgan fingerprint density at radius 1 is 1.21 bits per heavy atom. The van der Waals surface area contributed by atoms with Gasteiger partial charge in [-0.15, -0.1) is 0 Å². The van der Waals surface area contributed by atoms with Crippen LogP contribution >= 0.6 is 0 Å². The van der Waals surface area contributed by atoms with E-state index in [0.29, 0.717) is 12.6 Å². The molecule has 1 unspecified atom stereocenters. The number of aliphatic imine (C=N–C) groups is 1. The van der Waals surface area contributed by atoms with E-state index in [-0.39, 0.29) is 23.5 Å². The van der Waals surface area contributed by atoms with E-state index in [1.165, 1.54) is 5.56 Å². The second kappa shape index (κ2) is 11.2. The summed E-state index contributed by atoms with van der Waals surface area (Å²) in [5.41, 5.74) is 1.18. The van der Waals surface area contributed by atoms with Gasteiger partial charge in [0.05, 0.1) is 12.5 Å². The molecular weight excluding hydrogens is 364 g/mol. The molecule has 0 aromatic heterocycles. The van der Waals surface area contributed by atoms with Crippen molar-refractivity contribution < 1.29 is 9.53 Å². The van der Waals surface area contributed by atoms with Gasteiger partial charge >= 0.3 is 5.97 Å². The molecule has 0 amide bonds. The molecule has 162 valence electrons. The van der Waals surface area contributed by atoms with Crippen LogP contribution in [0.2, 0.25) is 0 Å². The number of carbonyl (C=O) groups is 1. The molecule has 3 N–H and O–H groups in total. The van der Waals surface area contributed by atoms with Gasteiger partial charge < -0.3 is 20.7 Å². The van der Waals surface area contributed by atoms with Gasteiger partial charge in [-0.1, -0.05) is 30.3 Å². The Morgan fingerprint density at radius 2 is 1.86 bits per heavy atom. The lowest BCUT2D eigenvalue weighted by atomic mass is 9.86. The Labute approximate surface area is 175 Å². The first-order valence-electron chi connectivity index (χ1n) is 10.8. The molecule has 0 aliphatic heterocycles. The molecule has 1 atom stereocenters. The number of hydrogen-bond acceptors (Lipinski definition) is 4. The predicted octanol–water partition coefficient (Wildman–Crippen LogP) is 3.40. The minimum Gasteiger partial charge on any atom is -0.466 e. The summed E-state index contributed by atoms with van der Waals surface area (Å²) in [7, 11) is 1.80. The van der Waals surface area contributed by atoms with Crippen LogP contribution in [0.5, 0.6) is 0 Å². The van der Waals surface area contributed by atoms with Crippen molar-refractivity contribution in [2.24, 2.45) is 10.9 Å². The number of esters is 1. The molecule has 1 aliphatic carbocycles.